The maximum Gasteiger partial charge on any atom is 0.231 e. The van der Waals surface area contributed by atoms with Gasteiger partial charge in [-0.15, -0.1) is 5.10 Å². The van der Waals surface area contributed by atoms with Gasteiger partial charge in [-0.2, -0.15) is 0 Å². The predicted octanol–water partition coefficient (Wildman–Crippen LogP) is 2.66. The molecule has 0 aliphatic carbocycles. The van der Waals surface area contributed by atoms with Gasteiger partial charge in [-0.25, -0.2) is 14.5 Å². The zero-order chi connectivity index (χ0) is 18.3. The minimum atomic E-state index is -0.448. The first kappa shape index (κ1) is 16.3. The van der Waals surface area contributed by atoms with Crippen molar-refractivity contribution in [2.24, 2.45) is 5.73 Å². The molecule has 4 heterocycles. The summed E-state index contributed by atoms with van der Waals surface area (Å²) in [6.07, 6.45) is 3.35. The molecule has 0 atom stereocenters. The highest BCUT2D eigenvalue weighted by molar-refractivity contribution is 5.86. The molecule has 8 heteroatoms. The predicted molar refractivity (Wildman–Crippen MR) is 96.3 cm³/mol. The van der Waals surface area contributed by atoms with E-state index in [-0.39, 0.29) is 0 Å². The molecule has 0 amide bonds. The highest BCUT2D eigenvalue weighted by Crippen LogP contribution is 2.32. The summed E-state index contributed by atoms with van der Waals surface area (Å²) in [7, 11) is 1.58. The van der Waals surface area contributed by atoms with Crippen LogP contribution in [0.5, 0.6) is 11.8 Å². The summed E-state index contributed by atoms with van der Waals surface area (Å²) in [5, 5.41) is 5.29. The molecule has 4 rings (SSSR count). The monoisotopic (exact) mass is 353 g/mol. The lowest BCUT2D eigenvalue weighted by molar-refractivity contribution is 0.232. The van der Waals surface area contributed by atoms with E-state index >= 15 is 0 Å². The lowest BCUT2D eigenvalue weighted by atomic mass is 10.1. The Morgan fingerprint density at radius 3 is 2.85 bits per heavy atom. The molecule has 26 heavy (non-hydrogen) atoms. The first-order valence-electron chi connectivity index (χ1n) is 8.14. The second kappa shape index (κ2) is 5.99. The molecule has 0 saturated carbocycles. The largest absolute Gasteiger partial charge is 0.480 e. The van der Waals surface area contributed by atoms with Crippen molar-refractivity contribution in [1.29, 1.82) is 0 Å². The fourth-order valence-electron chi connectivity index (χ4n) is 2.59. The number of furan rings is 1. The first-order valence-corrected chi connectivity index (χ1v) is 8.14. The highest BCUT2D eigenvalue weighted by atomic mass is 16.5. The Bertz CT molecular complexity index is 1080. The number of aromatic nitrogens is 4. The standard InChI is InChI=1S/C18H19N5O3/c1-18(2,19)10-25-16-5-4-15-21-9-12(23(15)22-16)14-8-11-13(26-14)6-7-20-17(11)24-3/h4-9H,10,19H2,1-3H3. The van der Waals surface area contributed by atoms with Gasteiger partial charge in [-0.3, -0.25) is 0 Å². The smallest absolute Gasteiger partial charge is 0.231 e. The maximum absolute atomic E-state index is 5.96. The number of methoxy groups -OCH3 is 1. The van der Waals surface area contributed by atoms with Gasteiger partial charge >= 0.3 is 0 Å². The summed E-state index contributed by atoms with van der Waals surface area (Å²) in [5.74, 6) is 1.58. The first-order chi connectivity index (χ1) is 12.4. The molecule has 0 fully saturated rings. The molecule has 0 bridgehead atoms. The van der Waals surface area contributed by atoms with Crippen LogP contribution in [0.1, 0.15) is 13.8 Å². The van der Waals surface area contributed by atoms with E-state index in [1.165, 1.54) is 0 Å². The number of hydrogen-bond donors (Lipinski definition) is 1. The Morgan fingerprint density at radius 2 is 2.08 bits per heavy atom. The van der Waals surface area contributed by atoms with Crippen LogP contribution in [-0.2, 0) is 0 Å². The Kier molecular flexibility index (Phi) is 3.77. The van der Waals surface area contributed by atoms with Crippen molar-refractivity contribution in [3.63, 3.8) is 0 Å². The van der Waals surface area contributed by atoms with E-state index in [2.05, 4.69) is 15.1 Å². The quantitative estimate of drug-likeness (QED) is 0.588. The minimum Gasteiger partial charge on any atom is -0.480 e. The van der Waals surface area contributed by atoms with Gasteiger partial charge in [0, 0.05) is 23.9 Å². The van der Waals surface area contributed by atoms with Gasteiger partial charge in [0.25, 0.3) is 0 Å². The Labute approximate surface area is 149 Å². The van der Waals surface area contributed by atoms with Crippen LogP contribution in [0.25, 0.3) is 28.1 Å². The van der Waals surface area contributed by atoms with E-state index in [4.69, 9.17) is 19.6 Å². The average Bonchev–Trinajstić information content (AvgIpc) is 3.22. The summed E-state index contributed by atoms with van der Waals surface area (Å²) in [6.45, 7) is 4.14. The van der Waals surface area contributed by atoms with E-state index in [0.29, 0.717) is 41.1 Å². The third kappa shape index (κ3) is 2.95. The van der Waals surface area contributed by atoms with Crippen molar-refractivity contribution < 1.29 is 13.9 Å². The van der Waals surface area contributed by atoms with E-state index in [9.17, 15) is 0 Å². The molecule has 8 nitrogen and oxygen atoms in total. The van der Waals surface area contributed by atoms with Crippen molar-refractivity contribution >= 4 is 16.6 Å². The summed E-state index contributed by atoms with van der Waals surface area (Å²) < 4.78 is 18.6. The number of nitrogens with two attached hydrogens (primary N) is 1. The lowest BCUT2D eigenvalue weighted by Crippen LogP contribution is -2.38. The van der Waals surface area contributed by atoms with Crippen molar-refractivity contribution in [2.75, 3.05) is 13.7 Å². The molecule has 0 radical (unpaired) electrons. The zero-order valence-electron chi connectivity index (χ0n) is 14.8. The van der Waals surface area contributed by atoms with Gasteiger partial charge in [-0.1, -0.05) is 0 Å². The maximum atomic E-state index is 5.96. The third-order valence-corrected chi connectivity index (χ3v) is 3.78. The summed E-state index contributed by atoms with van der Waals surface area (Å²) >= 11 is 0. The molecule has 0 unspecified atom stereocenters. The SMILES string of the molecule is COc1nccc2oc(-c3cnc4ccc(OCC(C)(C)N)nn34)cc12. The van der Waals surface area contributed by atoms with E-state index in [0.717, 1.165) is 5.39 Å². The molecule has 134 valence electrons. The average molecular weight is 353 g/mol. The van der Waals surface area contributed by atoms with Gasteiger partial charge in [0.05, 0.1) is 18.7 Å². The Balaban J connectivity index is 1.77. The van der Waals surface area contributed by atoms with E-state index in [1.54, 1.807) is 36.2 Å². The van der Waals surface area contributed by atoms with Crippen LogP contribution in [0, 0.1) is 0 Å². The normalized spacial score (nSPS) is 12.0. The number of pyridine rings is 1. The van der Waals surface area contributed by atoms with Crippen molar-refractivity contribution in [3.05, 3.63) is 36.7 Å². The lowest BCUT2D eigenvalue weighted by Gasteiger charge is -2.18. The molecular formula is C18H19N5O3. The fourth-order valence-corrected chi connectivity index (χ4v) is 2.59. The van der Waals surface area contributed by atoms with Crippen molar-refractivity contribution in [2.45, 2.75) is 19.4 Å². The Hall–Kier alpha value is -3.13. The summed E-state index contributed by atoms with van der Waals surface area (Å²) in [5.41, 5.74) is 7.58. The summed E-state index contributed by atoms with van der Waals surface area (Å²) in [4.78, 5) is 8.56. The van der Waals surface area contributed by atoms with Crippen LogP contribution in [0.3, 0.4) is 0 Å². The van der Waals surface area contributed by atoms with Gasteiger partial charge in [0.1, 0.15) is 17.9 Å². The molecule has 4 aromatic rings. The number of hydrogen-bond acceptors (Lipinski definition) is 7. The number of imidazole rings is 1. The molecule has 0 aromatic carbocycles. The molecular weight excluding hydrogens is 334 g/mol. The number of nitrogens with zero attached hydrogens (tertiary/aromatic N) is 4. The highest BCUT2D eigenvalue weighted by Gasteiger charge is 2.17. The van der Waals surface area contributed by atoms with Crippen LogP contribution >= 0.6 is 0 Å². The van der Waals surface area contributed by atoms with E-state index in [1.807, 2.05) is 26.0 Å². The number of fused-ring (bicyclic) bond motifs is 2. The van der Waals surface area contributed by atoms with Gasteiger partial charge in [0.2, 0.25) is 11.8 Å². The minimum absolute atomic E-state index is 0.350. The van der Waals surface area contributed by atoms with Gasteiger partial charge < -0.3 is 19.6 Å². The van der Waals surface area contributed by atoms with Gasteiger partial charge in [0.15, 0.2) is 11.4 Å². The van der Waals surface area contributed by atoms with Crippen LogP contribution in [0.2, 0.25) is 0 Å². The molecule has 4 aromatic heterocycles. The third-order valence-electron chi connectivity index (χ3n) is 3.78. The van der Waals surface area contributed by atoms with Crippen molar-refractivity contribution in [3.8, 4) is 23.2 Å². The Morgan fingerprint density at radius 1 is 1.23 bits per heavy atom. The molecule has 0 aliphatic heterocycles. The fraction of sp³-hybridized carbons (Fsp3) is 0.278. The van der Waals surface area contributed by atoms with Crippen LogP contribution in [0.15, 0.2) is 41.1 Å². The second-order valence-corrected chi connectivity index (χ2v) is 6.70. The molecule has 0 aliphatic rings. The molecule has 0 saturated heterocycles. The van der Waals surface area contributed by atoms with Crippen LogP contribution in [0.4, 0.5) is 0 Å². The van der Waals surface area contributed by atoms with Crippen LogP contribution in [-0.4, -0.2) is 38.8 Å². The van der Waals surface area contributed by atoms with Gasteiger partial charge in [-0.05, 0) is 26.0 Å². The number of rotatable bonds is 5. The second-order valence-electron chi connectivity index (χ2n) is 6.70. The van der Waals surface area contributed by atoms with Crippen molar-refractivity contribution in [1.82, 2.24) is 19.6 Å². The van der Waals surface area contributed by atoms with Crippen LogP contribution < -0.4 is 15.2 Å². The number of ether oxygens (including phenoxy) is 2. The molecule has 2 N–H and O–H groups in total. The summed E-state index contributed by atoms with van der Waals surface area (Å²) in [6, 6.07) is 7.25. The molecule has 0 spiro atoms. The van der Waals surface area contributed by atoms with E-state index < -0.39 is 5.54 Å². The zero-order valence-corrected chi connectivity index (χ0v) is 14.8. The topological polar surface area (TPSA) is 101 Å².